The second-order valence-corrected chi connectivity index (χ2v) is 10.4. The normalized spacial score (nSPS) is 14.1. The van der Waals surface area contributed by atoms with Crippen LogP contribution in [0.15, 0.2) is 24.3 Å². The van der Waals surface area contributed by atoms with Crippen molar-refractivity contribution in [3.8, 4) is 0 Å². The molecule has 0 saturated heterocycles. The van der Waals surface area contributed by atoms with Crippen LogP contribution in [-0.4, -0.2) is 19.8 Å². The van der Waals surface area contributed by atoms with Gasteiger partial charge < -0.3 is 5.11 Å². The minimum Gasteiger partial charge on any atom is -0.396 e. The summed E-state index contributed by atoms with van der Waals surface area (Å²) in [6.45, 7) is 9.26. The van der Waals surface area contributed by atoms with E-state index in [9.17, 15) is 5.11 Å². The molecule has 0 saturated carbocycles. The molecule has 0 bridgehead atoms. The van der Waals surface area contributed by atoms with Gasteiger partial charge in [0.05, 0.1) is 8.07 Å². The second-order valence-electron chi connectivity index (χ2n) is 5.01. The molecular formula is C12H20OSi. The summed E-state index contributed by atoms with van der Waals surface area (Å²) in [5.74, 6) is 0. The van der Waals surface area contributed by atoms with Gasteiger partial charge in [0.15, 0.2) is 0 Å². The van der Waals surface area contributed by atoms with Crippen LogP contribution >= 0.6 is 0 Å². The standard InChI is InChI=1S/C12H20OSi/c1-10-5-7-11(8-6-10)12(9-13)14(2,3)4/h5-8,12-13H,9H2,1-4H3. The fraction of sp³-hybridized carbons (Fsp3) is 0.500. The van der Waals surface area contributed by atoms with Crippen LogP contribution in [0.1, 0.15) is 16.7 Å². The van der Waals surface area contributed by atoms with Crippen LogP contribution in [0.5, 0.6) is 0 Å². The summed E-state index contributed by atoms with van der Waals surface area (Å²) in [5.41, 5.74) is 2.93. The fourth-order valence-electron chi connectivity index (χ4n) is 1.68. The van der Waals surface area contributed by atoms with Gasteiger partial charge in [0.25, 0.3) is 0 Å². The van der Waals surface area contributed by atoms with Crippen molar-refractivity contribution in [3.63, 3.8) is 0 Å². The number of hydrogen-bond donors (Lipinski definition) is 1. The van der Waals surface area contributed by atoms with E-state index >= 15 is 0 Å². The van der Waals surface area contributed by atoms with Gasteiger partial charge in [-0.1, -0.05) is 49.5 Å². The van der Waals surface area contributed by atoms with E-state index in [1.165, 1.54) is 11.1 Å². The molecule has 0 spiro atoms. The molecule has 0 aliphatic carbocycles. The number of rotatable bonds is 3. The highest BCUT2D eigenvalue weighted by Crippen LogP contribution is 2.26. The van der Waals surface area contributed by atoms with Crippen molar-refractivity contribution in [2.75, 3.05) is 6.61 Å². The van der Waals surface area contributed by atoms with E-state index < -0.39 is 8.07 Å². The molecule has 0 aliphatic heterocycles. The Hall–Kier alpha value is -0.603. The van der Waals surface area contributed by atoms with Crippen LogP contribution in [0.4, 0.5) is 0 Å². The van der Waals surface area contributed by atoms with Gasteiger partial charge in [0, 0.05) is 12.1 Å². The maximum absolute atomic E-state index is 9.42. The lowest BCUT2D eigenvalue weighted by Gasteiger charge is -2.27. The Morgan fingerprint density at radius 3 is 2.00 bits per heavy atom. The van der Waals surface area contributed by atoms with Gasteiger partial charge in [-0.2, -0.15) is 0 Å². The van der Waals surface area contributed by atoms with Crippen LogP contribution in [0, 0.1) is 6.92 Å². The Morgan fingerprint density at radius 2 is 1.64 bits per heavy atom. The molecule has 1 atom stereocenters. The molecular weight excluding hydrogens is 188 g/mol. The van der Waals surface area contributed by atoms with E-state index in [1.807, 2.05) is 0 Å². The third-order valence-electron chi connectivity index (χ3n) is 2.71. The lowest BCUT2D eigenvalue weighted by Crippen LogP contribution is -2.33. The molecule has 0 aromatic heterocycles. The van der Waals surface area contributed by atoms with Crippen molar-refractivity contribution in [2.45, 2.75) is 32.1 Å². The summed E-state index contributed by atoms with van der Waals surface area (Å²) in [6.07, 6.45) is 0. The van der Waals surface area contributed by atoms with Crippen LogP contribution in [0.2, 0.25) is 19.6 Å². The highest BCUT2D eigenvalue weighted by molar-refractivity contribution is 6.77. The maximum atomic E-state index is 9.42. The van der Waals surface area contributed by atoms with E-state index in [0.29, 0.717) is 5.54 Å². The van der Waals surface area contributed by atoms with Crippen molar-refractivity contribution >= 4 is 8.07 Å². The molecule has 0 radical (unpaired) electrons. The topological polar surface area (TPSA) is 20.2 Å². The lowest BCUT2D eigenvalue weighted by atomic mass is 10.1. The van der Waals surface area contributed by atoms with Gasteiger partial charge >= 0.3 is 0 Å². The molecule has 0 fully saturated rings. The minimum absolute atomic E-state index is 0.277. The zero-order valence-electron chi connectivity index (χ0n) is 9.54. The largest absolute Gasteiger partial charge is 0.396 e. The summed E-state index contributed by atoms with van der Waals surface area (Å²) >= 11 is 0. The minimum atomic E-state index is -1.29. The Morgan fingerprint density at radius 1 is 1.14 bits per heavy atom. The maximum Gasteiger partial charge on any atom is 0.0550 e. The van der Waals surface area contributed by atoms with Gasteiger partial charge in [0.1, 0.15) is 0 Å². The molecule has 1 rings (SSSR count). The third-order valence-corrected chi connectivity index (χ3v) is 5.31. The van der Waals surface area contributed by atoms with Gasteiger partial charge in [-0.25, -0.2) is 0 Å². The monoisotopic (exact) mass is 208 g/mol. The SMILES string of the molecule is Cc1ccc(C(CO)[Si](C)(C)C)cc1. The molecule has 1 unspecified atom stereocenters. The van der Waals surface area contributed by atoms with Gasteiger partial charge in [-0.05, 0) is 12.5 Å². The predicted octanol–water partition coefficient (Wildman–Crippen LogP) is 2.95. The van der Waals surface area contributed by atoms with Crippen molar-refractivity contribution in [2.24, 2.45) is 0 Å². The predicted molar refractivity (Wildman–Crippen MR) is 64.4 cm³/mol. The Bertz CT molecular complexity index is 284. The van der Waals surface area contributed by atoms with Crippen molar-refractivity contribution < 1.29 is 5.11 Å². The molecule has 0 heterocycles. The van der Waals surface area contributed by atoms with Gasteiger partial charge in [-0.15, -0.1) is 0 Å². The molecule has 1 nitrogen and oxygen atoms in total. The second kappa shape index (κ2) is 4.28. The van der Waals surface area contributed by atoms with Gasteiger partial charge in [0.2, 0.25) is 0 Å². The third kappa shape index (κ3) is 2.69. The summed E-state index contributed by atoms with van der Waals surface area (Å²) < 4.78 is 0. The van der Waals surface area contributed by atoms with Crippen molar-refractivity contribution in [1.82, 2.24) is 0 Å². The quantitative estimate of drug-likeness (QED) is 0.757. The van der Waals surface area contributed by atoms with E-state index in [1.54, 1.807) is 0 Å². The van der Waals surface area contributed by atoms with Crippen LogP contribution in [0.3, 0.4) is 0 Å². The smallest absolute Gasteiger partial charge is 0.0550 e. The molecule has 2 heteroatoms. The van der Waals surface area contributed by atoms with E-state index in [4.69, 9.17) is 0 Å². The summed E-state index contributed by atoms with van der Waals surface area (Å²) in [7, 11) is -1.29. The molecule has 1 aromatic carbocycles. The first kappa shape index (κ1) is 11.5. The summed E-state index contributed by atoms with van der Waals surface area (Å²) in [6, 6.07) is 8.54. The van der Waals surface area contributed by atoms with Crippen LogP contribution < -0.4 is 0 Å². The molecule has 14 heavy (non-hydrogen) atoms. The van der Waals surface area contributed by atoms with Crippen LogP contribution in [0.25, 0.3) is 0 Å². The Kier molecular flexibility index (Phi) is 3.51. The number of aliphatic hydroxyl groups excluding tert-OH is 1. The zero-order valence-corrected chi connectivity index (χ0v) is 10.5. The first-order chi connectivity index (χ1) is 6.45. The average Bonchev–Trinajstić information content (AvgIpc) is 2.07. The zero-order chi connectivity index (χ0) is 10.8. The summed E-state index contributed by atoms with van der Waals surface area (Å²) in [4.78, 5) is 0. The average molecular weight is 208 g/mol. The number of hydrogen-bond acceptors (Lipinski definition) is 1. The number of aryl methyl sites for hydroxylation is 1. The highest BCUT2D eigenvalue weighted by Gasteiger charge is 2.27. The Labute approximate surface area is 87.8 Å². The highest BCUT2D eigenvalue weighted by atomic mass is 28.3. The van der Waals surface area contributed by atoms with Gasteiger partial charge in [-0.3, -0.25) is 0 Å². The molecule has 78 valence electrons. The van der Waals surface area contributed by atoms with Crippen LogP contribution in [-0.2, 0) is 0 Å². The fourth-order valence-corrected chi connectivity index (χ4v) is 3.42. The molecule has 0 aliphatic rings. The molecule has 0 amide bonds. The molecule has 1 aromatic rings. The number of benzene rings is 1. The van der Waals surface area contributed by atoms with Crippen molar-refractivity contribution in [1.29, 1.82) is 0 Å². The van der Waals surface area contributed by atoms with E-state index in [2.05, 4.69) is 50.8 Å². The molecule has 1 N–H and O–H groups in total. The van der Waals surface area contributed by atoms with E-state index in [0.717, 1.165) is 0 Å². The Balaban J connectivity index is 2.96. The lowest BCUT2D eigenvalue weighted by molar-refractivity contribution is 0.290. The number of aliphatic hydroxyl groups is 1. The first-order valence-electron chi connectivity index (χ1n) is 5.12. The summed E-state index contributed by atoms with van der Waals surface area (Å²) in [5, 5.41) is 9.42. The van der Waals surface area contributed by atoms with E-state index in [-0.39, 0.29) is 6.61 Å². The first-order valence-corrected chi connectivity index (χ1v) is 8.70. The van der Waals surface area contributed by atoms with Crippen molar-refractivity contribution in [3.05, 3.63) is 35.4 Å².